The van der Waals surface area contributed by atoms with Crippen LogP contribution in [0.15, 0.2) is 48.5 Å². The molecular formula is C17H17ClN4O2S. The number of hydrogen-bond acceptors (Lipinski definition) is 4. The summed E-state index contributed by atoms with van der Waals surface area (Å²) in [5.74, 6) is 0. The van der Waals surface area contributed by atoms with Crippen LogP contribution in [0.4, 0.5) is 17.1 Å². The predicted molar refractivity (Wildman–Crippen MR) is 105 cm³/mol. The first-order chi connectivity index (χ1) is 12.0. The molecule has 0 unspecified atom stereocenters. The van der Waals surface area contributed by atoms with Crippen LogP contribution in [-0.2, 0) is 0 Å². The zero-order chi connectivity index (χ0) is 17.8. The van der Waals surface area contributed by atoms with Crippen molar-refractivity contribution in [3.63, 3.8) is 0 Å². The maximum absolute atomic E-state index is 10.7. The van der Waals surface area contributed by atoms with Gasteiger partial charge in [-0.05, 0) is 36.5 Å². The number of thiocarbonyl (C=S) groups is 1. The number of nitro benzene ring substituents is 1. The molecule has 25 heavy (non-hydrogen) atoms. The fourth-order valence-corrected chi connectivity index (χ4v) is 3.28. The van der Waals surface area contributed by atoms with Gasteiger partial charge in [-0.3, -0.25) is 10.1 Å². The number of hydrogen-bond donors (Lipinski definition) is 1. The molecule has 2 aromatic rings. The number of nitrogens with one attached hydrogen (secondary N) is 1. The van der Waals surface area contributed by atoms with Crippen molar-refractivity contribution in [2.24, 2.45) is 0 Å². The van der Waals surface area contributed by atoms with Crippen molar-refractivity contribution in [3.8, 4) is 0 Å². The summed E-state index contributed by atoms with van der Waals surface area (Å²) >= 11 is 11.7. The van der Waals surface area contributed by atoms with Gasteiger partial charge < -0.3 is 15.1 Å². The first-order valence-corrected chi connectivity index (χ1v) is 8.63. The third-order valence-corrected chi connectivity index (χ3v) is 4.77. The number of halogens is 1. The fourth-order valence-electron chi connectivity index (χ4n) is 2.73. The van der Waals surface area contributed by atoms with E-state index in [0.717, 1.165) is 42.6 Å². The lowest BCUT2D eigenvalue weighted by Gasteiger charge is -2.37. The van der Waals surface area contributed by atoms with Gasteiger partial charge in [0.25, 0.3) is 5.69 Å². The second kappa shape index (κ2) is 7.67. The number of anilines is 2. The Hall–Kier alpha value is -2.38. The van der Waals surface area contributed by atoms with Gasteiger partial charge in [0.15, 0.2) is 5.11 Å². The minimum atomic E-state index is -0.421. The first-order valence-electron chi connectivity index (χ1n) is 7.84. The Labute approximate surface area is 156 Å². The highest BCUT2D eigenvalue weighted by atomic mass is 35.5. The lowest BCUT2D eigenvalue weighted by Crippen LogP contribution is -2.50. The monoisotopic (exact) mass is 376 g/mol. The van der Waals surface area contributed by atoms with Gasteiger partial charge in [0, 0.05) is 44.0 Å². The van der Waals surface area contributed by atoms with Crippen LogP contribution in [0.2, 0.25) is 5.02 Å². The summed E-state index contributed by atoms with van der Waals surface area (Å²) in [6.07, 6.45) is 0. The molecule has 1 aliphatic rings. The second-order valence-corrected chi connectivity index (χ2v) is 6.45. The second-order valence-electron chi connectivity index (χ2n) is 5.66. The van der Waals surface area contributed by atoms with Crippen LogP contribution in [0.5, 0.6) is 0 Å². The third kappa shape index (κ3) is 4.18. The largest absolute Gasteiger partial charge is 0.367 e. The molecule has 0 aromatic heterocycles. The maximum Gasteiger partial charge on any atom is 0.269 e. The SMILES string of the molecule is O=[N+]([O-])c1ccc(NC(=S)N2CCN(c3ccccc3Cl)CC2)cc1. The molecule has 0 saturated carbocycles. The smallest absolute Gasteiger partial charge is 0.269 e. The van der Waals surface area contributed by atoms with E-state index in [-0.39, 0.29) is 5.69 Å². The molecule has 0 bridgehead atoms. The summed E-state index contributed by atoms with van der Waals surface area (Å²) in [5, 5.41) is 15.2. The molecule has 6 nitrogen and oxygen atoms in total. The van der Waals surface area contributed by atoms with Gasteiger partial charge in [-0.2, -0.15) is 0 Å². The number of nitro groups is 1. The van der Waals surface area contributed by atoms with E-state index in [1.165, 1.54) is 12.1 Å². The Balaban J connectivity index is 1.56. The Kier molecular flexibility index (Phi) is 5.35. The summed E-state index contributed by atoms with van der Waals surface area (Å²) in [6.45, 7) is 3.21. The lowest BCUT2D eigenvalue weighted by molar-refractivity contribution is -0.384. The molecule has 1 heterocycles. The van der Waals surface area contributed by atoms with Gasteiger partial charge >= 0.3 is 0 Å². The molecule has 0 radical (unpaired) electrons. The standard InChI is InChI=1S/C17H17ClN4O2S/c18-15-3-1-2-4-16(15)20-9-11-21(12-10-20)17(25)19-13-5-7-14(8-6-13)22(23)24/h1-8H,9-12H2,(H,19,25). The molecule has 1 N–H and O–H groups in total. The minimum absolute atomic E-state index is 0.0600. The number of nitrogens with zero attached hydrogens (tertiary/aromatic N) is 3. The van der Waals surface area contributed by atoms with E-state index in [1.807, 2.05) is 24.3 Å². The molecule has 3 rings (SSSR count). The maximum atomic E-state index is 10.7. The number of non-ortho nitro benzene ring substituents is 1. The van der Waals surface area contributed by atoms with Gasteiger partial charge in [0.2, 0.25) is 0 Å². The van der Waals surface area contributed by atoms with Crippen molar-refractivity contribution in [1.29, 1.82) is 0 Å². The topological polar surface area (TPSA) is 61.7 Å². The lowest BCUT2D eigenvalue weighted by atomic mass is 10.2. The normalized spacial score (nSPS) is 14.3. The average Bonchev–Trinajstić information content (AvgIpc) is 2.63. The molecule has 2 aromatic carbocycles. The average molecular weight is 377 g/mol. The van der Waals surface area contributed by atoms with Gasteiger partial charge in [0.1, 0.15) is 0 Å². The van der Waals surface area contributed by atoms with Crippen molar-refractivity contribution in [2.75, 3.05) is 36.4 Å². The molecule has 8 heteroatoms. The van der Waals surface area contributed by atoms with E-state index in [2.05, 4.69) is 15.1 Å². The zero-order valence-corrected chi connectivity index (χ0v) is 15.0. The van der Waals surface area contributed by atoms with Gasteiger partial charge in [0.05, 0.1) is 15.6 Å². The molecule has 1 saturated heterocycles. The van der Waals surface area contributed by atoms with Crippen molar-refractivity contribution < 1.29 is 4.92 Å². The van der Waals surface area contributed by atoms with E-state index < -0.39 is 4.92 Å². The van der Waals surface area contributed by atoms with E-state index >= 15 is 0 Å². The molecule has 130 valence electrons. The molecule has 1 aliphatic heterocycles. The summed E-state index contributed by atoms with van der Waals surface area (Å²) in [6, 6.07) is 14.0. The molecule has 1 fully saturated rings. The molecule has 0 spiro atoms. The summed E-state index contributed by atoms with van der Waals surface area (Å²) in [4.78, 5) is 14.6. The van der Waals surface area contributed by atoms with Crippen LogP contribution < -0.4 is 10.2 Å². The van der Waals surface area contributed by atoms with Crippen LogP contribution in [0, 0.1) is 10.1 Å². The summed E-state index contributed by atoms with van der Waals surface area (Å²) < 4.78 is 0. The van der Waals surface area contributed by atoms with Crippen molar-refractivity contribution in [3.05, 3.63) is 63.7 Å². The number of piperazine rings is 1. The molecule has 0 amide bonds. The highest BCUT2D eigenvalue weighted by Crippen LogP contribution is 2.26. The van der Waals surface area contributed by atoms with E-state index in [9.17, 15) is 10.1 Å². The fraction of sp³-hybridized carbons (Fsp3) is 0.235. The number of para-hydroxylation sites is 1. The van der Waals surface area contributed by atoms with Crippen LogP contribution in [0.1, 0.15) is 0 Å². The van der Waals surface area contributed by atoms with Gasteiger partial charge in [-0.15, -0.1) is 0 Å². The third-order valence-electron chi connectivity index (χ3n) is 4.09. The van der Waals surface area contributed by atoms with Crippen LogP contribution in [0.25, 0.3) is 0 Å². The van der Waals surface area contributed by atoms with Gasteiger partial charge in [-0.25, -0.2) is 0 Å². The van der Waals surface area contributed by atoms with Crippen LogP contribution >= 0.6 is 23.8 Å². The predicted octanol–water partition coefficient (Wildman–Crippen LogP) is 3.77. The van der Waals surface area contributed by atoms with Crippen LogP contribution in [-0.4, -0.2) is 41.1 Å². The number of rotatable bonds is 3. The first kappa shape index (κ1) is 17.4. The highest BCUT2D eigenvalue weighted by molar-refractivity contribution is 7.80. The van der Waals surface area contributed by atoms with Crippen LogP contribution in [0.3, 0.4) is 0 Å². The van der Waals surface area contributed by atoms with Crippen molar-refractivity contribution in [2.45, 2.75) is 0 Å². The summed E-state index contributed by atoms with van der Waals surface area (Å²) in [7, 11) is 0. The highest BCUT2D eigenvalue weighted by Gasteiger charge is 2.20. The Morgan fingerprint density at radius 3 is 2.32 bits per heavy atom. The van der Waals surface area contributed by atoms with E-state index in [4.69, 9.17) is 23.8 Å². The quantitative estimate of drug-likeness (QED) is 0.500. The molecular weight excluding hydrogens is 360 g/mol. The molecule has 0 aliphatic carbocycles. The Morgan fingerprint density at radius 2 is 1.72 bits per heavy atom. The van der Waals surface area contributed by atoms with Crippen molar-refractivity contribution >= 4 is 46.0 Å². The Bertz CT molecular complexity index is 776. The van der Waals surface area contributed by atoms with E-state index in [1.54, 1.807) is 12.1 Å². The number of benzene rings is 2. The zero-order valence-electron chi connectivity index (χ0n) is 13.4. The summed E-state index contributed by atoms with van der Waals surface area (Å²) in [5.41, 5.74) is 1.84. The van der Waals surface area contributed by atoms with Crippen molar-refractivity contribution in [1.82, 2.24) is 4.90 Å². The molecule has 0 atom stereocenters. The van der Waals surface area contributed by atoms with E-state index in [0.29, 0.717) is 5.11 Å². The van der Waals surface area contributed by atoms with Gasteiger partial charge in [-0.1, -0.05) is 23.7 Å². The minimum Gasteiger partial charge on any atom is -0.367 e. The Morgan fingerprint density at radius 1 is 1.08 bits per heavy atom.